The number of methoxy groups -OCH3 is 1. The number of ether oxygens (including phenoxy) is 1. The summed E-state index contributed by atoms with van der Waals surface area (Å²) in [4.78, 5) is 13.1. The summed E-state index contributed by atoms with van der Waals surface area (Å²) in [5.41, 5.74) is 2.80. The molecule has 2 nitrogen and oxygen atoms in total. The molecule has 0 saturated heterocycles. The van der Waals surface area contributed by atoms with Crippen LogP contribution in [0.25, 0.3) is 0 Å². The number of carbonyl (C=O) groups excluding carboxylic acids is 1. The minimum absolute atomic E-state index is 0.0991. The van der Waals surface area contributed by atoms with Crippen LogP contribution in [0.4, 0.5) is 0 Å². The Balaban J connectivity index is 1.97. The first kappa shape index (κ1) is 15.4. The predicted octanol–water partition coefficient (Wildman–Crippen LogP) is 4.55. The van der Waals surface area contributed by atoms with Crippen molar-refractivity contribution in [1.29, 1.82) is 0 Å². The van der Waals surface area contributed by atoms with Gasteiger partial charge in [-0.15, -0.1) is 0 Å². The van der Waals surface area contributed by atoms with Gasteiger partial charge in [0.2, 0.25) is 0 Å². The van der Waals surface area contributed by atoms with Crippen LogP contribution < -0.4 is 0 Å². The predicted molar refractivity (Wildman–Crippen MR) is 92.6 cm³/mol. The Hall–Kier alpha value is -2.45. The Morgan fingerprint density at radius 3 is 2.26 bits per heavy atom. The molecule has 3 rings (SSSR count). The minimum atomic E-state index is -0.271. The highest BCUT2D eigenvalue weighted by molar-refractivity contribution is 6.03. The molecule has 0 heterocycles. The fourth-order valence-corrected chi connectivity index (χ4v) is 2.92. The fourth-order valence-electron chi connectivity index (χ4n) is 2.92. The molecular formula is C21H20O2. The lowest BCUT2D eigenvalue weighted by atomic mass is 9.82. The zero-order valence-corrected chi connectivity index (χ0v) is 13.2. The van der Waals surface area contributed by atoms with E-state index < -0.39 is 0 Å². The average Bonchev–Trinajstić information content (AvgIpc) is 2.64. The summed E-state index contributed by atoms with van der Waals surface area (Å²) in [5, 5.41) is 0. The van der Waals surface area contributed by atoms with Crippen molar-refractivity contribution in [3.05, 3.63) is 95.6 Å². The molecule has 2 aromatic carbocycles. The Bertz CT molecular complexity index is 714. The van der Waals surface area contributed by atoms with E-state index in [1.165, 1.54) is 0 Å². The highest BCUT2D eigenvalue weighted by Gasteiger charge is 2.26. The maximum absolute atomic E-state index is 13.1. The molecule has 0 radical (unpaired) electrons. The summed E-state index contributed by atoms with van der Waals surface area (Å²) in [7, 11) is 1.71. The molecule has 0 aromatic heterocycles. The molecule has 23 heavy (non-hydrogen) atoms. The van der Waals surface area contributed by atoms with E-state index in [1.54, 1.807) is 7.11 Å². The van der Waals surface area contributed by atoms with Gasteiger partial charge in [-0.1, -0.05) is 78.9 Å². The Morgan fingerprint density at radius 2 is 1.70 bits per heavy atom. The summed E-state index contributed by atoms with van der Waals surface area (Å²) in [6.07, 6.45) is 7.07. The first-order chi connectivity index (χ1) is 11.3. The summed E-state index contributed by atoms with van der Waals surface area (Å²) in [6, 6.07) is 19.5. The van der Waals surface area contributed by atoms with Gasteiger partial charge < -0.3 is 4.74 Å². The maximum atomic E-state index is 13.1. The summed E-state index contributed by atoms with van der Waals surface area (Å²) >= 11 is 0. The molecule has 0 spiro atoms. The van der Waals surface area contributed by atoms with Crippen molar-refractivity contribution < 1.29 is 9.53 Å². The number of hydrogen-bond donors (Lipinski definition) is 0. The highest BCUT2D eigenvalue weighted by Crippen LogP contribution is 2.32. The van der Waals surface area contributed by atoms with Crippen LogP contribution in [0.2, 0.25) is 0 Å². The van der Waals surface area contributed by atoms with Crippen LogP contribution in [-0.4, -0.2) is 19.0 Å². The van der Waals surface area contributed by atoms with Crippen molar-refractivity contribution in [2.45, 2.75) is 18.4 Å². The Morgan fingerprint density at radius 1 is 1.04 bits per heavy atom. The van der Waals surface area contributed by atoms with E-state index in [9.17, 15) is 4.79 Å². The van der Waals surface area contributed by atoms with Crippen molar-refractivity contribution in [3.63, 3.8) is 0 Å². The van der Waals surface area contributed by atoms with Crippen LogP contribution in [-0.2, 0) is 4.74 Å². The quantitative estimate of drug-likeness (QED) is 0.757. The summed E-state index contributed by atoms with van der Waals surface area (Å²) in [6.45, 7) is 0. The van der Waals surface area contributed by atoms with Crippen LogP contribution in [0, 0.1) is 0 Å². The lowest BCUT2D eigenvalue weighted by Crippen LogP contribution is -2.18. The maximum Gasteiger partial charge on any atom is 0.174 e. The molecule has 1 aliphatic rings. The molecule has 116 valence electrons. The molecule has 1 aliphatic carbocycles. The molecular weight excluding hydrogens is 284 g/mol. The van der Waals surface area contributed by atoms with Crippen molar-refractivity contribution in [1.82, 2.24) is 0 Å². The van der Waals surface area contributed by atoms with Gasteiger partial charge in [0.1, 0.15) is 0 Å². The second kappa shape index (κ2) is 7.21. The highest BCUT2D eigenvalue weighted by atomic mass is 16.5. The normalized spacial score (nSPS) is 18.3. The summed E-state index contributed by atoms with van der Waals surface area (Å²) in [5.74, 6) is -0.142. The topological polar surface area (TPSA) is 26.3 Å². The molecule has 0 N–H and O–H groups in total. The van der Waals surface area contributed by atoms with Crippen molar-refractivity contribution >= 4 is 5.78 Å². The number of carbonyl (C=O) groups is 1. The van der Waals surface area contributed by atoms with Gasteiger partial charge in [-0.25, -0.2) is 0 Å². The van der Waals surface area contributed by atoms with Gasteiger partial charge in [-0.3, -0.25) is 4.79 Å². The van der Waals surface area contributed by atoms with E-state index in [4.69, 9.17) is 4.74 Å². The van der Waals surface area contributed by atoms with Crippen molar-refractivity contribution in [2.24, 2.45) is 0 Å². The molecule has 0 aliphatic heterocycles. The molecule has 0 amide bonds. The minimum Gasteiger partial charge on any atom is -0.377 e. The van der Waals surface area contributed by atoms with Crippen LogP contribution in [0.1, 0.15) is 28.3 Å². The van der Waals surface area contributed by atoms with Gasteiger partial charge in [-0.05, 0) is 17.6 Å². The average molecular weight is 304 g/mol. The zero-order valence-electron chi connectivity index (χ0n) is 13.2. The number of benzene rings is 2. The summed E-state index contributed by atoms with van der Waals surface area (Å²) < 4.78 is 5.35. The van der Waals surface area contributed by atoms with E-state index in [0.717, 1.165) is 23.1 Å². The number of hydrogen-bond acceptors (Lipinski definition) is 2. The number of rotatable bonds is 5. The third-order valence-electron chi connectivity index (χ3n) is 4.18. The number of ketones is 1. The van der Waals surface area contributed by atoms with E-state index in [2.05, 4.69) is 6.08 Å². The molecule has 0 fully saturated rings. The molecule has 0 saturated carbocycles. The van der Waals surface area contributed by atoms with E-state index in [0.29, 0.717) is 0 Å². The van der Waals surface area contributed by atoms with Gasteiger partial charge in [0.05, 0.1) is 12.0 Å². The molecule has 2 aromatic rings. The zero-order chi connectivity index (χ0) is 16.1. The molecule has 0 bridgehead atoms. The third-order valence-corrected chi connectivity index (χ3v) is 4.18. The van der Waals surface area contributed by atoms with Gasteiger partial charge in [0, 0.05) is 12.7 Å². The van der Waals surface area contributed by atoms with Gasteiger partial charge in [0.25, 0.3) is 0 Å². The van der Waals surface area contributed by atoms with E-state index in [1.807, 2.05) is 72.8 Å². The van der Waals surface area contributed by atoms with E-state index >= 15 is 0 Å². The number of Topliss-reactive ketones (excluding diaryl/α,β-unsaturated/α-hetero) is 1. The monoisotopic (exact) mass is 304 g/mol. The van der Waals surface area contributed by atoms with Gasteiger partial charge in [-0.2, -0.15) is 0 Å². The van der Waals surface area contributed by atoms with E-state index in [-0.39, 0.29) is 17.8 Å². The second-order valence-electron chi connectivity index (χ2n) is 5.65. The Labute approximate surface area is 137 Å². The SMILES string of the molecule is COC1C=CC(C(C(=O)c2ccccc2)c2ccccc2)=CC1. The van der Waals surface area contributed by atoms with Crippen LogP contribution >= 0.6 is 0 Å². The van der Waals surface area contributed by atoms with Crippen LogP contribution in [0.15, 0.2) is 84.5 Å². The fraction of sp³-hybridized carbons (Fsp3) is 0.190. The largest absolute Gasteiger partial charge is 0.377 e. The van der Waals surface area contributed by atoms with Gasteiger partial charge in [0.15, 0.2) is 5.78 Å². The standard InChI is InChI=1S/C21H20O2/c1-23-19-14-12-17(13-15-19)20(16-8-4-2-5-9-16)21(22)18-10-6-3-7-11-18/h2-14,19-20H,15H2,1H3. The molecule has 2 atom stereocenters. The lowest BCUT2D eigenvalue weighted by Gasteiger charge is -2.22. The second-order valence-corrected chi connectivity index (χ2v) is 5.65. The van der Waals surface area contributed by atoms with Crippen molar-refractivity contribution in [2.75, 3.05) is 7.11 Å². The number of allylic oxidation sites excluding steroid dienone is 2. The smallest absolute Gasteiger partial charge is 0.174 e. The molecule has 2 heteroatoms. The molecule has 2 unspecified atom stereocenters. The van der Waals surface area contributed by atoms with Crippen LogP contribution in [0.3, 0.4) is 0 Å². The van der Waals surface area contributed by atoms with Crippen molar-refractivity contribution in [3.8, 4) is 0 Å². The Kier molecular flexibility index (Phi) is 4.84. The van der Waals surface area contributed by atoms with Crippen LogP contribution in [0.5, 0.6) is 0 Å². The van der Waals surface area contributed by atoms with Gasteiger partial charge >= 0.3 is 0 Å². The first-order valence-electron chi connectivity index (χ1n) is 7.85. The third kappa shape index (κ3) is 3.49. The first-order valence-corrected chi connectivity index (χ1v) is 7.85. The lowest BCUT2D eigenvalue weighted by molar-refractivity contribution is 0.0972.